The van der Waals surface area contributed by atoms with E-state index in [1.807, 2.05) is 4.72 Å². The van der Waals surface area contributed by atoms with Gasteiger partial charge in [-0.3, -0.25) is 28.5 Å². The SMILES string of the molecule is CC(C)(C)OC(=O)CCCNC(=O)c1nccnc1NS(C)(=O)=O.CS(=O)(=O)Nc1nccnc1C(=O)NCCN.CS(=O)(=O)Nc1nccnc1C(=O)O. The van der Waals surface area contributed by atoms with E-state index in [-0.39, 0.29) is 60.9 Å². The number of rotatable bonds is 15. The molecule has 0 fully saturated rings. The molecule has 0 aliphatic carbocycles. The molecule has 304 valence electrons. The van der Waals surface area contributed by atoms with Crippen LogP contribution in [0.5, 0.6) is 0 Å². The van der Waals surface area contributed by atoms with Gasteiger partial charge in [-0.05, 0) is 27.2 Å². The Bertz CT molecular complexity index is 2130. The molecule has 3 heterocycles. The summed E-state index contributed by atoms with van der Waals surface area (Å²) in [5.74, 6) is -3.36. The highest BCUT2D eigenvalue weighted by molar-refractivity contribution is 7.92. The number of anilines is 3. The van der Waals surface area contributed by atoms with Crippen LogP contribution in [0.2, 0.25) is 0 Å². The summed E-state index contributed by atoms with van der Waals surface area (Å²) in [4.78, 5) is 68.0. The fraction of sp³-hybridized carbons (Fsp3) is 0.429. The van der Waals surface area contributed by atoms with E-state index < -0.39 is 59.1 Å². The lowest BCUT2D eigenvalue weighted by atomic mass is 10.2. The number of aromatic carboxylic acids is 1. The highest BCUT2D eigenvalue weighted by Crippen LogP contribution is 2.12. The number of nitrogens with two attached hydrogens (primary N) is 1. The molecule has 0 aliphatic rings. The maximum absolute atomic E-state index is 12.1. The molecule has 3 aromatic rings. The predicted octanol–water partition coefficient (Wildman–Crippen LogP) is -1.22. The molecule has 0 saturated carbocycles. The van der Waals surface area contributed by atoms with Crippen LogP contribution in [0.1, 0.15) is 65.1 Å². The van der Waals surface area contributed by atoms with E-state index in [9.17, 15) is 44.4 Å². The number of esters is 1. The van der Waals surface area contributed by atoms with Crippen molar-refractivity contribution in [2.45, 2.75) is 39.2 Å². The van der Waals surface area contributed by atoms with Crippen molar-refractivity contribution < 1.29 is 54.3 Å². The number of aromatic nitrogens is 6. The lowest BCUT2D eigenvalue weighted by molar-refractivity contribution is -0.154. The second-order valence-corrected chi connectivity index (χ2v) is 16.9. The van der Waals surface area contributed by atoms with Crippen molar-refractivity contribution in [1.82, 2.24) is 40.5 Å². The number of ether oxygens (including phenoxy) is 1. The van der Waals surface area contributed by atoms with Crippen molar-refractivity contribution in [3.8, 4) is 0 Å². The minimum Gasteiger partial charge on any atom is -0.476 e. The molecule has 0 saturated heterocycles. The molecule has 27 heteroatoms. The lowest BCUT2D eigenvalue weighted by Gasteiger charge is -2.19. The summed E-state index contributed by atoms with van der Waals surface area (Å²) in [5.41, 5.74) is 4.02. The average Bonchev–Trinajstić information content (AvgIpc) is 3.04. The third-order valence-corrected chi connectivity index (χ3v) is 6.96. The van der Waals surface area contributed by atoms with Crippen molar-refractivity contribution in [3.05, 3.63) is 54.3 Å². The topological polar surface area (TPSA) is 364 Å². The van der Waals surface area contributed by atoms with Gasteiger partial charge >= 0.3 is 11.9 Å². The lowest BCUT2D eigenvalue weighted by Crippen LogP contribution is -2.30. The zero-order valence-corrected chi connectivity index (χ0v) is 32.9. The second kappa shape index (κ2) is 21.3. The molecule has 0 atom stereocenters. The molecule has 8 N–H and O–H groups in total. The number of sulfonamides is 3. The minimum atomic E-state index is -3.58. The summed E-state index contributed by atoms with van der Waals surface area (Å²) in [6.45, 7) is 6.09. The van der Waals surface area contributed by atoms with Crippen LogP contribution in [0.3, 0.4) is 0 Å². The Morgan fingerprint density at radius 2 is 0.982 bits per heavy atom. The van der Waals surface area contributed by atoms with E-state index in [4.69, 9.17) is 15.6 Å². The smallest absolute Gasteiger partial charge is 0.358 e. The molecule has 0 unspecified atom stereocenters. The fourth-order valence-corrected chi connectivity index (χ4v) is 4.94. The first-order valence-electron chi connectivity index (χ1n) is 15.4. The Labute approximate surface area is 317 Å². The molecule has 55 heavy (non-hydrogen) atoms. The molecule has 0 aromatic carbocycles. The molecule has 2 amide bonds. The molecule has 0 bridgehead atoms. The van der Waals surface area contributed by atoms with Crippen LogP contribution >= 0.6 is 0 Å². The summed E-state index contributed by atoms with van der Waals surface area (Å²) < 4.78 is 77.6. The predicted molar refractivity (Wildman–Crippen MR) is 197 cm³/mol. The van der Waals surface area contributed by atoms with Crippen LogP contribution in [-0.2, 0) is 39.6 Å². The van der Waals surface area contributed by atoms with Gasteiger partial charge in [-0.15, -0.1) is 0 Å². The number of hydrogen-bond donors (Lipinski definition) is 7. The van der Waals surface area contributed by atoms with E-state index in [0.29, 0.717) is 6.42 Å². The van der Waals surface area contributed by atoms with E-state index in [0.717, 1.165) is 25.0 Å². The van der Waals surface area contributed by atoms with Gasteiger partial charge in [0, 0.05) is 63.2 Å². The highest BCUT2D eigenvalue weighted by Gasteiger charge is 2.19. The third kappa shape index (κ3) is 21.0. The number of carbonyl (C=O) groups is 4. The number of amides is 2. The van der Waals surface area contributed by atoms with Crippen molar-refractivity contribution in [1.29, 1.82) is 0 Å². The van der Waals surface area contributed by atoms with Crippen molar-refractivity contribution in [2.24, 2.45) is 5.73 Å². The zero-order valence-electron chi connectivity index (χ0n) is 30.4. The molecular formula is C28H42N12O12S3. The summed E-state index contributed by atoms with van der Waals surface area (Å²) in [7, 11) is -10.6. The minimum absolute atomic E-state index is 0.0913. The van der Waals surface area contributed by atoms with Crippen molar-refractivity contribution in [2.75, 3.05) is 52.6 Å². The van der Waals surface area contributed by atoms with E-state index >= 15 is 0 Å². The molecule has 0 aliphatic heterocycles. The first-order valence-corrected chi connectivity index (χ1v) is 21.1. The Morgan fingerprint density at radius 1 is 0.636 bits per heavy atom. The Morgan fingerprint density at radius 3 is 1.33 bits per heavy atom. The van der Waals surface area contributed by atoms with E-state index in [1.165, 1.54) is 31.0 Å². The van der Waals surface area contributed by atoms with Crippen LogP contribution in [0.4, 0.5) is 17.5 Å². The van der Waals surface area contributed by atoms with Gasteiger partial charge in [0.05, 0.1) is 18.8 Å². The first kappa shape index (κ1) is 47.4. The number of carbonyl (C=O) groups excluding carboxylic acids is 3. The van der Waals surface area contributed by atoms with Crippen LogP contribution in [0.15, 0.2) is 37.2 Å². The normalized spacial score (nSPS) is 11.3. The van der Waals surface area contributed by atoms with Crippen molar-refractivity contribution in [3.63, 3.8) is 0 Å². The van der Waals surface area contributed by atoms with E-state index in [1.54, 1.807) is 20.8 Å². The number of hydrogen-bond acceptors (Lipinski definition) is 18. The molecule has 0 spiro atoms. The van der Waals surface area contributed by atoms with Gasteiger partial charge in [-0.1, -0.05) is 0 Å². The Kier molecular flexibility index (Phi) is 18.3. The van der Waals surface area contributed by atoms with Gasteiger partial charge in [-0.2, -0.15) is 0 Å². The zero-order chi connectivity index (χ0) is 42.0. The number of carboxylic acid groups (broad SMARTS) is 1. The first-order chi connectivity index (χ1) is 25.3. The monoisotopic (exact) mass is 834 g/mol. The third-order valence-electron chi connectivity index (χ3n) is 5.27. The largest absolute Gasteiger partial charge is 0.476 e. The fourth-order valence-electron chi connectivity index (χ4n) is 3.43. The maximum atomic E-state index is 12.1. The van der Waals surface area contributed by atoms with Crippen LogP contribution in [0, 0.1) is 0 Å². The van der Waals surface area contributed by atoms with Gasteiger partial charge in [0.1, 0.15) is 5.60 Å². The van der Waals surface area contributed by atoms with E-state index in [2.05, 4.69) is 50.0 Å². The van der Waals surface area contributed by atoms with Crippen molar-refractivity contribution >= 4 is 71.3 Å². The maximum Gasteiger partial charge on any atom is 0.358 e. The van der Waals surface area contributed by atoms with Crippen LogP contribution < -0.4 is 30.5 Å². The summed E-state index contributed by atoms with van der Waals surface area (Å²) in [6, 6.07) is 0. The second-order valence-electron chi connectivity index (χ2n) is 11.7. The molecule has 24 nitrogen and oxygen atoms in total. The van der Waals surface area contributed by atoms with Crippen LogP contribution in [-0.4, -0.2) is 128 Å². The number of nitrogens with one attached hydrogen (secondary N) is 5. The quantitative estimate of drug-likeness (QED) is 0.0697. The van der Waals surface area contributed by atoms with Gasteiger partial charge in [0.25, 0.3) is 11.8 Å². The highest BCUT2D eigenvalue weighted by atomic mass is 32.2. The Hall–Kier alpha value is -5.67. The molecular weight excluding hydrogens is 793 g/mol. The number of nitrogens with zero attached hydrogens (tertiary/aromatic N) is 6. The van der Waals surface area contributed by atoms with Gasteiger partial charge < -0.3 is 26.2 Å². The summed E-state index contributed by atoms with van der Waals surface area (Å²) in [6.07, 6.45) is 10.8. The Balaban J connectivity index is 0.000000430. The van der Waals surface area contributed by atoms with Gasteiger partial charge in [0.2, 0.25) is 30.1 Å². The molecule has 3 rings (SSSR count). The molecule has 3 aromatic heterocycles. The summed E-state index contributed by atoms with van der Waals surface area (Å²) >= 11 is 0. The van der Waals surface area contributed by atoms with Gasteiger partial charge in [-0.25, -0.2) is 60.0 Å². The summed E-state index contributed by atoms with van der Waals surface area (Å²) in [5, 5.41) is 13.7. The molecule has 0 radical (unpaired) electrons. The van der Waals surface area contributed by atoms with Gasteiger partial charge in [0.15, 0.2) is 34.5 Å². The number of carboxylic acids is 1. The van der Waals surface area contributed by atoms with Crippen LogP contribution in [0.25, 0.3) is 0 Å². The average molecular weight is 835 g/mol. The standard InChI is InChI=1S/C14H22N4O5S.C8H13N5O3S.C6H7N3O4S/c1-14(2,3)23-10(19)6-5-7-17-13(20)11-12(16-9-8-15-11)18-24(4,21)22;1-17(15,16)13-7-6(10-4-5-11-7)8(14)12-3-2-9;1-14(12,13)9-5-4(6(10)11)7-2-3-8-5/h8-9H,5-7H2,1-4H3,(H,16,18)(H,17,20);4-5H,2-3,9H2,1H3,(H,11,13)(H,12,14);2-3H,1H3,(H,8,9)(H,10,11).